The molecule has 0 spiro atoms. The first-order valence-electron chi connectivity index (χ1n) is 16.8. The summed E-state index contributed by atoms with van der Waals surface area (Å²) in [5, 5.41) is 3.43. The van der Waals surface area contributed by atoms with Crippen LogP contribution in [0.2, 0.25) is 12.6 Å². The number of unbranched alkanes of at least 4 members (excludes halogenated alkanes) is 1. The van der Waals surface area contributed by atoms with Crippen molar-refractivity contribution in [3.05, 3.63) is 129 Å². The third-order valence-electron chi connectivity index (χ3n) is 10.4. The molecule has 2 aliphatic carbocycles. The molecule has 0 nitrogen and oxygen atoms in total. The summed E-state index contributed by atoms with van der Waals surface area (Å²) in [5.41, 5.74) is 14.5. The van der Waals surface area contributed by atoms with Crippen LogP contribution in [0.25, 0.3) is 34.4 Å². The van der Waals surface area contributed by atoms with Crippen molar-refractivity contribution in [3.8, 4) is 22.3 Å². The van der Waals surface area contributed by atoms with Gasteiger partial charge in [0.2, 0.25) is 0 Å². The van der Waals surface area contributed by atoms with Crippen LogP contribution in [0.5, 0.6) is 0 Å². The maximum absolute atomic E-state index is 2.67. The normalized spacial score (nSPS) is 14.7. The van der Waals surface area contributed by atoms with E-state index in [1.54, 1.807) is 10.4 Å². The minimum Gasteiger partial charge on any atom is -0.0712 e. The molecule has 4 aromatic carbocycles. The second kappa shape index (κ2) is 11.5. The van der Waals surface area contributed by atoms with Crippen LogP contribution in [-0.4, -0.2) is 8.07 Å². The van der Waals surface area contributed by atoms with Gasteiger partial charge >= 0.3 is 0 Å². The minimum atomic E-state index is -1.89. The van der Waals surface area contributed by atoms with Gasteiger partial charge in [0.1, 0.15) is 8.07 Å². The lowest BCUT2D eigenvalue weighted by Crippen LogP contribution is -2.36. The van der Waals surface area contributed by atoms with Crippen LogP contribution in [-0.2, 0) is 23.7 Å². The highest BCUT2D eigenvalue weighted by atomic mass is 28.3. The van der Waals surface area contributed by atoms with E-state index in [0.717, 1.165) is 12.8 Å². The highest BCUT2D eigenvalue weighted by molar-refractivity contribution is 6.93. The quantitative estimate of drug-likeness (QED) is 0.187. The van der Waals surface area contributed by atoms with E-state index in [0.29, 0.717) is 0 Å². The zero-order valence-electron chi connectivity index (χ0n) is 28.3. The van der Waals surface area contributed by atoms with E-state index in [-0.39, 0.29) is 10.8 Å². The van der Waals surface area contributed by atoms with Gasteiger partial charge in [0.05, 0.1) is 0 Å². The van der Waals surface area contributed by atoms with Gasteiger partial charge < -0.3 is 0 Å². The van der Waals surface area contributed by atoms with E-state index in [1.165, 1.54) is 74.5 Å². The van der Waals surface area contributed by atoms with Gasteiger partial charge in [-0.15, -0.1) is 0 Å². The fraction of sp³-hybridized carbons (Fsp3) is 0.349. The first-order chi connectivity index (χ1) is 20.9. The summed E-state index contributed by atoms with van der Waals surface area (Å²) in [7, 11) is -1.89. The SMILES string of the molecule is CCCC[Si](C)(C1=Cc2c(cccc2-c2ccc(C(C)(C)C)cc2)C1)C1=Cc2c(cccc2-c2ccc(C(C)(C)C)cc2)C1. The summed E-state index contributed by atoms with van der Waals surface area (Å²) in [6.07, 6.45) is 10.0. The Bertz CT molecular complexity index is 1610. The van der Waals surface area contributed by atoms with Gasteiger partial charge in [-0.3, -0.25) is 0 Å². The van der Waals surface area contributed by atoms with Crippen molar-refractivity contribution in [1.82, 2.24) is 0 Å². The van der Waals surface area contributed by atoms with Gasteiger partial charge in [-0.2, -0.15) is 0 Å². The first-order valence-corrected chi connectivity index (χ1v) is 19.5. The number of fused-ring (bicyclic) bond motifs is 2. The number of hydrogen-bond donors (Lipinski definition) is 0. The van der Waals surface area contributed by atoms with Crippen molar-refractivity contribution >= 4 is 20.2 Å². The van der Waals surface area contributed by atoms with Crippen molar-refractivity contribution in [2.24, 2.45) is 0 Å². The van der Waals surface area contributed by atoms with Gasteiger partial charge in [0.25, 0.3) is 0 Å². The Morgan fingerprint density at radius 3 is 1.34 bits per heavy atom. The van der Waals surface area contributed by atoms with E-state index < -0.39 is 8.07 Å². The lowest BCUT2D eigenvalue weighted by molar-refractivity contribution is 0.590. The molecule has 0 fully saturated rings. The third-order valence-corrected chi connectivity index (χ3v) is 15.2. The van der Waals surface area contributed by atoms with Crippen molar-refractivity contribution in [1.29, 1.82) is 0 Å². The molecule has 0 aromatic heterocycles. The first kappa shape index (κ1) is 30.6. The van der Waals surface area contributed by atoms with Gasteiger partial charge in [-0.1, -0.05) is 181 Å². The molecule has 0 aliphatic heterocycles. The average Bonchev–Trinajstić information content (AvgIpc) is 3.65. The summed E-state index contributed by atoms with van der Waals surface area (Å²) in [6.45, 7) is 18.8. The molecule has 0 radical (unpaired) electrons. The average molecular weight is 595 g/mol. The van der Waals surface area contributed by atoms with Crippen molar-refractivity contribution < 1.29 is 0 Å². The van der Waals surface area contributed by atoms with Crippen LogP contribution in [0, 0.1) is 0 Å². The molecule has 0 saturated carbocycles. The molecule has 1 heteroatoms. The molecule has 0 unspecified atom stereocenters. The van der Waals surface area contributed by atoms with Crippen molar-refractivity contribution in [2.75, 3.05) is 0 Å². The van der Waals surface area contributed by atoms with Crippen LogP contribution < -0.4 is 0 Å². The van der Waals surface area contributed by atoms with E-state index in [1.807, 2.05) is 0 Å². The summed E-state index contributed by atoms with van der Waals surface area (Å²) in [6, 6.07) is 33.9. The number of allylic oxidation sites excluding steroid dienone is 2. The molecule has 0 amide bonds. The largest absolute Gasteiger partial charge is 0.106 e. The Kier molecular flexibility index (Phi) is 7.99. The second-order valence-corrected chi connectivity index (χ2v) is 20.0. The summed E-state index contributed by atoms with van der Waals surface area (Å²) in [5.74, 6) is 0. The van der Waals surface area contributed by atoms with Gasteiger partial charge in [-0.25, -0.2) is 0 Å². The zero-order chi connectivity index (χ0) is 31.3. The zero-order valence-corrected chi connectivity index (χ0v) is 29.3. The van der Waals surface area contributed by atoms with Gasteiger partial charge in [-0.05, 0) is 79.3 Å². The summed E-state index contributed by atoms with van der Waals surface area (Å²) < 4.78 is 0. The van der Waals surface area contributed by atoms with Crippen LogP contribution in [0.3, 0.4) is 0 Å². The van der Waals surface area contributed by atoms with E-state index in [9.17, 15) is 0 Å². The van der Waals surface area contributed by atoms with E-state index in [2.05, 4.69) is 152 Å². The molecule has 0 atom stereocenters. The van der Waals surface area contributed by atoms with Gasteiger partial charge in [0.15, 0.2) is 0 Å². The molecule has 0 saturated heterocycles. The number of benzene rings is 4. The highest BCUT2D eigenvalue weighted by Crippen LogP contribution is 2.46. The Labute approximate surface area is 268 Å². The number of hydrogen-bond acceptors (Lipinski definition) is 0. The predicted molar refractivity (Wildman–Crippen MR) is 196 cm³/mol. The van der Waals surface area contributed by atoms with Crippen molar-refractivity contribution in [3.63, 3.8) is 0 Å². The molecule has 2 aliphatic rings. The number of rotatable bonds is 7. The molecule has 0 heterocycles. The van der Waals surface area contributed by atoms with Gasteiger partial charge in [0, 0.05) is 0 Å². The molecule has 226 valence electrons. The Morgan fingerprint density at radius 2 is 0.977 bits per heavy atom. The molecule has 0 bridgehead atoms. The molecule has 44 heavy (non-hydrogen) atoms. The molecule has 0 N–H and O–H groups in total. The second-order valence-electron chi connectivity index (χ2n) is 15.5. The molecule has 4 aromatic rings. The van der Waals surface area contributed by atoms with Crippen LogP contribution in [0.15, 0.2) is 95.3 Å². The van der Waals surface area contributed by atoms with Crippen LogP contribution in [0.1, 0.15) is 94.7 Å². The maximum Gasteiger partial charge on any atom is 0.106 e. The topological polar surface area (TPSA) is 0 Å². The fourth-order valence-electron chi connectivity index (χ4n) is 7.31. The Morgan fingerprint density at radius 1 is 0.568 bits per heavy atom. The van der Waals surface area contributed by atoms with Crippen LogP contribution in [0.4, 0.5) is 0 Å². The monoisotopic (exact) mass is 594 g/mol. The lowest BCUT2D eigenvalue weighted by atomic mass is 9.86. The highest BCUT2D eigenvalue weighted by Gasteiger charge is 2.39. The third kappa shape index (κ3) is 5.72. The van der Waals surface area contributed by atoms with Crippen molar-refractivity contribution in [2.45, 2.75) is 97.6 Å². The minimum absolute atomic E-state index is 0.166. The Hall–Kier alpha value is -3.42. The predicted octanol–water partition coefficient (Wildman–Crippen LogP) is 12.2. The lowest BCUT2D eigenvalue weighted by Gasteiger charge is -2.31. The molecular weight excluding hydrogens is 545 g/mol. The standard InChI is InChI=1S/C43H50Si/c1-9-10-25-44(8,36-26-32-13-11-15-38(40(32)28-36)30-17-21-34(22-18-30)42(2,3)4)37-27-33-14-12-16-39(41(33)29-37)31-19-23-35(24-20-31)43(5,6)7/h11-24,28-29H,9-10,25-27H2,1-8H3. The van der Waals surface area contributed by atoms with E-state index in [4.69, 9.17) is 0 Å². The van der Waals surface area contributed by atoms with Crippen LogP contribution >= 0.6 is 0 Å². The fourth-order valence-corrected chi connectivity index (χ4v) is 11.5. The molecule has 6 rings (SSSR count). The summed E-state index contributed by atoms with van der Waals surface area (Å²) >= 11 is 0. The van der Waals surface area contributed by atoms with E-state index >= 15 is 0 Å². The molecular formula is C43H50Si. The maximum atomic E-state index is 2.67. The smallest absolute Gasteiger partial charge is 0.0712 e. The summed E-state index contributed by atoms with van der Waals surface area (Å²) in [4.78, 5) is 0. The Balaban J connectivity index is 1.37.